The predicted octanol–water partition coefficient (Wildman–Crippen LogP) is -0.342. The van der Waals surface area contributed by atoms with Gasteiger partial charge in [0.15, 0.2) is 0 Å². The molecule has 1 amide bonds. The van der Waals surface area contributed by atoms with E-state index in [4.69, 9.17) is 5.73 Å². The number of carbonyl (C=O) groups is 1. The van der Waals surface area contributed by atoms with Crippen molar-refractivity contribution in [2.24, 2.45) is 5.73 Å². The molecular formula is C9H13N3O. The second-order valence-corrected chi connectivity index (χ2v) is 3.41. The van der Waals surface area contributed by atoms with Gasteiger partial charge in [0.2, 0.25) is 5.91 Å². The molecule has 1 aliphatic rings. The number of aromatic nitrogens is 1. The van der Waals surface area contributed by atoms with Gasteiger partial charge >= 0.3 is 0 Å². The Hall–Kier alpha value is -1.29. The summed E-state index contributed by atoms with van der Waals surface area (Å²) in [5, 5.41) is 0. The van der Waals surface area contributed by atoms with E-state index in [1.165, 1.54) is 0 Å². The third-order valence-electron chi connectivity index (χ3n) is 2.25. The van der Waals surface area contributed by atoms with Crippen LogP contribution in [0, 0.1) is 0 Å². The molecule has 0 spiro atoms. The Morgan fingerprint density at radius 2 is 2.00 bits per heavy atom. The first-order valence-electron chi connectivity index (χ1n) is 4.40. The van der Waals surface area contributed by atoms with Crippen LogP contribution >= 0.6 is 0 Å². The van der Waals surface area contributed by atoms with Gasteiger partial charge in [-0.25, -0.2) is 0 Å². The van der Waals surface area contributed by atoms with E-state index >= 15 is 0 Å². The van der Waals surface area contributed by atoms with E-state index in [0.29, 0.717) is 19.6 Å². The van der Waals surface area contributed by atoms with Crippen LogP contribution in [-0.4, -0.2) is 34.5 Å². The van der Waals surface area contributed by atoms with Gasteiger partial charge in [-0.1, -0.05) is 0 Å². The normalized spacial score (nSPS) is 17.2. The van der Waals surface area contributed by atoms with Crippen molar-refractivity contribution in [2.45, 2.75) is 12.6 Å². The standard InChI is InChI=1S/C9H13N3O/c10-8-5-12(6-8)9(13)7-11-3-1-2-4-11/h1-4,8H,5-7,10H2. The molecule has 4 nitrogen and oxygen atoms in total. The molecule has 1 fully saturated rings. The van der Waals surface area contributed by atoms with Gasteiger partial charge < -0.3 is 15.2 Å². The van der Waals surface area contributed by atoms with Crippen molar-refractivity contribution in [1.29, 1.82) is 0 Å². The smallest absolute Gasteiger partial charge is 0.242 e. The summed E-state index contributed by atoms with van der Waals surface area (Å²) in [6.07, 6.45) is 3.77. The molecule has 4 heteroatoms. The van der Waals surface area contributed by atoms with Gasteiger partial charge in [0.25, 0.3) is 0 Å². The molecule has 0 aliphatic carbocycles. The zero-order chi connectivity index (χ0) is 9.26. The number of rotatable bonds is 2. The van der Waals surface area contributed by atoms with E-state index in [2.05, 4.69) is 0 Å². The molecule has 13 heavy (non-hydrogen) atoms. The topological polar surface area (TPSA) is 51.3 Å². The molecular weight excluding hydrogens is 166 g/mol. The van der Waals surface area contributed by atoms with Crippen LogP contribution in [0.5, 0.6) is 0 Å². The van der Waals surface area contributed by atoms with Crippen molar-refractivity contribution in [3.8, 4) is 0 Å². The van der Waals surface area contributed by atoms with E-state index in [1.54, 1.807) is 4.90 Å². The average molecular weight is 179 g/mol. The van der Waals surface area contributed by atoms with Crippen molar-refractivity contribution in [1.82, 2.24) is 9.47 Å². The number of likely N-dealkylation sites (tertiary alicyclic amines) is 1. The van der Waals surface area contributed by atoms with Crippen molar-refractivity contribution in [2.75, 3.05) is 13.1 Å². The molecule has 0 radical (unpaired) electrons. The predicted molar refractivity (Wildman–Crippen MR) is 49.0 cm³/mol. The maximum atomic E-state index is 11.5. The summed E-state index contributed by atoms with van der Waals surface area (Å²) in [6, 6.07) is 4.01. The van der Waals surface area contributed by atoms with Crippen LogP contribution in [-0.2, 0) is 11.3 Å². The van der Waals surface area contributed by atoms with E-state index < -0.39 is 0 Å². The Balaban J connectivity index is 1.86. The highest BCUT2D eigenvalue weighted by Crippen LogP contribution is 2.06. The highest BCUT2D eigenvalue weighted by Gasteiger charge is 2.27. The summed E-state index contributed by atoms with van der Waals surface area (Å²) in [5.41, 5.74) is 5.58. The lowest BCUT2D eigenvalue weighted by Crippen LogP contribution is -2.58. The number of nitrogens with two attached hydrogens (primary N) is 1. The minimum atomic E-state index is 0.151. The maximum absolute atomic E-state index is 11.5. The fourth-order valence-corrected chi connectivity index (χ4v) is 1.45. The Morgan fingerprint density at radius 1 is 1.38 bits per heavy atom. The fraction of sp³-hybridized carbons (Fsp3) is 0.444. The summed E-state index contributed by atoms with van der Waals surface area (Å²) in [5.74, 6) is 0.151. The van der Waals surface area contributed by atoms with Crippen LogP contribution in [0.3, 0.4) is 0 Å². The van der Waals surface area contributed by atoms with Gasteiger partial charge in [-0.2, -0.15) is 0 Å². The molecule has 0 aromatic carbocycles. The van der Waals surface area contributed by atoms with Crippen LogP contribution in [0.2, 0.25) is 0 Å². The minimum Gasteiger partial charge on any atom is -0.345 e. The first kappa shape index (κ1) is 8.31. The monoisotopic (exact) mass is 179 g/mol. The molecule has 2 heterocycles. The lowest BCUT2D eigenvalue weighted by Gasteiger charge is -2.36. The Labute approximate surface area is 76.9 Å². The van der Waals surface area contributed by atoms with Crippen molar-refractivity contribution in [3.05, 3.63) is 24.5 Å². The number of carbonyl (C=O) groups excluding carboxylic acids is 1. The van der Waals surface area contributed by atoms with Crippen LogP contribution < -0.4 is 5.73 Å². The quantitative estimate of drug-likeness (QED) is 0.675. The highest BCUT2D eigenvalue weighted by atomic mass is 16.2. The summed E-state index contributed by atoms with van der Waals surface area (Å²) < 4.78 is 1.87. The third-order valence-corrected chi connectivity index (χ3v) is 2.25. The molecule has 1 aliphatic heterocycles. The number of amides is 1. The molecule has 0 atom stereocenters. The van der Waals surface area contributed by atoms with E-state index in [9.17, 15) is 4.79 Å². The largest absolute Gasteiger partial charge is 0.345 e. The van der Waals surface area contributed by atoms with Gasteiger partial charge in [0.05, 0.1) is 0 Å². The van der Waals surface area contributed by atoms with Crippen LogP contribution in [0.25, 0.3) is 0 Å². The average Bonchev–Trinajstić information content (AvgIpc) is 2.51. The van der Waals surface area contributed by atoms with Crippen molar-refractivity contribution in [3.63, 3.8) is 0 Å². The highest BCUT2D eigenvalue weighted by molar-refractivity contribution is 5.77. The van der Waals surface area contributed by atoms with Gasteiger partial charge in [0.1, 0.15) is 6.54 Å². The van der Waals surface area contributed by atoms with E-state index in [1.807, 2.05) is 29.1 Å². The summed E-state index contributed by atoms with van der Waals surface area (Å²) >= 11 is 0. The molecule has 0 unspecified atom stereocenters. The molecule has 2 N–H and O–H groups in total. The summed E-state index contributed by atoms with van der Waals surface area (Å²) in [6.45, 7) is 1.85. The SMILES string of the molecule is NC1CN(C(=O)Cn2cccc2)C1. The maximum Gasteiger partial charge on any atom is 0.242 e. The first-order valence-corrected chi connectivity index (χ1v) is 4.40. The van der Waals surface area contributed by atoms with Gasteiger partial charge in [-0.05, 0) is 12.1 Å². The van der Waals surface area contributed by atoms with Gasteiger partial charge in [-0.3, -0.25) is 4.79 Å². The molecule has 1 aromatic rings. The molecule has 1 aromatic heterocycles. The van der Waals surface area contributed by atoms with E-state index in [-0.39, 0.29) is 11.9 Å². The van der Waals surface area contributed by atoms with Gasteiger partial charge in [-0.15, -0.1) is 0 Å². The Morgan fingerprint density at radius 3 is 2.54 bits per heavy atom. The van der Waals surface area contributed by atoms with Crippen molar-refractivity contribution < 1.29 is 4.79 Å². The first-order chi connectivity index (χ1) is 6.25. The molecule has 2 rings (SSSR count). The van der Waals surface area contributed by atoms with Crippen LogP contribution in [0.1, 0.15) is 0 Å². The Kier molecular flexibility index (Phi) is 2.06. The molecule has 0 saturated carbocycles. The zero-order valence-corrected chi connectivity index (χ0v) is 7.39. The van der Waals surface area contributed by atoms with Gasteiger partial charge in [0, 0.05) is 31.5 Å². The molecule has 1 saturated heterocycles. The summed E-state index contributed by atoms with van der Waals surface area (Å²) in [4.78, 5) is 13.3. The second kappa shape index (κ2) is 3.22. The lowest BCUT2D eigenvalue weighted by atomic mass is 10.1. The molecule has 0 bridgehead atoms. The summed E-state index contributed by atoms with van der Waals surface area (Å²) in [7, 11) is 0. The van der Waals surface area contributed by atoms with Crippen LogP contribution in [0.4, 0.5) is 0 Å². The molecule has 70 valence electrons. The number of hydrogen-bond acceptors (Lipinski definition) is 2. The van der Waals surface area contributed by atoms with Crippen LogP contribution in [0.15, 0.2) is 24.5 Å². The number of hydrogen-bond donors (Lipinski definition) is 1. The van der Waals surface area contributed by atoms with Crippen molar-refractivity contribution >= 4 is 5.91 Å². The minimum absolute atomic E-state index is 0.151. The Bertz CT molecular complexity index is 288. The lowest BCUT2D eigenvalue weighted by molar-refractivity contribution is -0.136. The fourth-order valence-electron chi connectivity index (χ4n) is 1.45. The van der Waals surface area contributed by atoms with E-state index in [0.717, 1.165) is 0 Å². The second-order valence-electron chi connectivity index (χ2n) is 3.41. The zero-order valence-electron chi connectivity index (χ0n) is 7.39. The number of nitrogens with zero attached hydrogens (tertiary/aromatic N) is 2. The third kappa shape index (κ3) is 1.72.